The maximum Gasteiger partial charge on any atom is 0.132 e. The summed E-state index contributed by atoms with van der Waals surface area (Å²) in [5.74, 6) is 1.14. The Labute approximate surface area is 101 Å². The molecule has 17 heavy (non-hydrogen) atoms. The highest BCUT2D eigenvalue weighted by molar-refractivity contribution is 5.81. The summed E-state index contributed by atoms with van der Waals surface area (Å²) in [5.41, 5.74) is 2.36. The van der Waals surface area contributed by atoms with Crippen LogP contribution in [-0.2, 0) is 0 Å². The first-order valence-electron chi connectivity index (χ1n) is 6.17. The lowest BCUT2D eigenvalue weighted by Crippen LogP contribution is -2.44. The molecular formula is C14H17N3. The Kier molecular flexibility index (Phi) is 2.69. The van der Waals surface area contributed by atoms with Crippen molar-refractivity contribution < 1.29 is 0 Å². The van der Waals surface area contributed by atoms with Crippen LogP contribution in [0.2, 0.25) is 0 Å². The molecule has 2 aromatic rings. The zero-order valence-electron chi connectivity index (χ0n) is 10.1. The van der Waals surface area contributed by atoms with E-state index in [0.717, 1.165) is 37.5 Å². The molecule has 0 aliphatic carbocycles. The Morgan fingerprint density at radius 3 is 2.76 bits per heavy atom. The molecule has 1 saturated heterocycles. The molecule has 0 spiro atoms. The SMILES string of the molecule is Cc1cc2ccccc2nc1N1CCNCC1. The van der Waals surface area contributed by atoms with Gasteiger partial charge in [-0.05, 0) is 24.6 Å². The number of benzene rings is 1. The Morgan fingerprint density at radius 2 is 1.94 bits per heavy atom. The van der Waals surface area contributed by atoms with Crippen LogP contribution in [0, 0.1) is 6.92 Å². The van der Waals surface area contributed by atoms with Gasteiger partial charge < -0.3 is 10.2 Å². The van der Waals surface area contributed by atoms with Crippen molar-refractivity contribution >= 4 is 16.7 Å². The third-order valence-electron chi connectivity index (χ3n) is 3.30. The molecule has 1 aliphatic heterocycles. The first-order chi connectivity index (χ1) is 8.34. The zero-order chi connectivity index (χ0) is 11.7. The Hall–Kier alpha value is -1.61. The van der Waals surface area contributed by atoms with Gasteiger partial charge in [0.25, 0.3) is 0 Å². The molecule has 1 aromatic heterocycles. The average Bonchev–Trinajstić information content (AvgIpc) is 2.39. The second kappa shape index (κ2) is 4.34. The highest BCUT2D eigenvalue weighted by atomic mass is 15.2. The van der Waals surface area contributed by atoms with E-state index in [1.807, 2.05) is 6.07 Å². The largest absolute Gasteiger partial charge is 0.354 e. The van der Waals surface area contributed by atoms with Crippen molar-refractivity contribution in [2.24, 2.45) is 0 Å². The van der Waals surface area contributed by atoms with E-state index in [4.69, 9.17) is 4.98 Å². The molecule has 0 saturated carbocycles. The van der Waals surface area contributed by atoms with Crippen molar-refractivity contribution in [1.29, 1.82) is 0 Å². The summed E-state index contributed by atoms with van der Waals surface area (Å²) in [6.07, 6.45) is 0. The van der Waals surface area contributed by atoms with Gasteiger partial charge in [0.05, 0.1) is 5.52 Å². The fraction of sp³-hybridized carbons (Fsp3) is 0.357. The molecule has 1 N–H and O–H groups in total. The summed E-state index contributed by atoms with van der Waals surface area (Å²) in [5, 5.41) is 4.60. The number of nitrogens with one attached hydrogen (secondary N) is 1. The number of fused-ring (bicyclic) bond motifs is 1. The van der Waals surface area contributed by atoms with E-state index in [1.165, 1.54) is 10.9 Å². The lowest BCUT2D eigenvalue weighted by molar-refractivity contribution is 0.584. The van der Waals surface area contributed by atoms with Crippen LogP contribution in [0.3, 0.4) is 0 Å². The van der Waals surface area contributed by atoms with Crippen molar-refractivity contribution in [3.05, 3.63) is 35.9 Å². The van der Waals surface area contributed by atoms with Gasteiger partial charge in [0, 0.05) is 31.6 Å². The summed E-state index contributed by atoms with van der Waals surface area (Å²) in [7, 11) is 0. The smallest absolute Gasteiger partial charge is 0.132 e. The summed E-state index contributed by atoms with van der Waals surface area (Å²) in [4.78, 5) is 7.17. The minimum absolute atomic E-state index is 1.05. The number of aromatic nitrogens is 1. The fourth-order valence-electron chi connectivity index (χ4n) is 2.41. The molecule has 2 heterocycles. The van der Waals surface area contributed by atoms with Crippen molar-refractivity contribution in [2.45, 2.75) is 6.92 Å². The number of piperazine rings is 1. The van der Waals surface area contributed by atoms with Gasteiger partial charge in [-0.25, -0.2) is 4.98 Å². The number of pyridine rings is 1. The third kappa shape index (κ3) is 1.98. The lowest BCUT2D eigenvalue weighted by Gasteiger charge is -2.29. The van der Waals surface area contributed by atoms with Gasteiger partial charge in [-0.2, -0.15) is 0 Å². The van der Waals surface area contributed by atoms with Crippen LogP contribution >= 0.6 is 0 Å². The minimum Gasteiger partial charge on any atom is -0.354 e. The normalized spacial score (nSPS) is 16.4. The summed E-state index contributed by atoms with van der Waals surface area (Å²) >= 11 is 0. The number of hydrogen-bond donors (Lipinski definition) is 1. The predicted octanol–water partition coefficient (Wildman–Crippen LogP) is 1.95. The Bertz CT molecular complexity index is 530. The van der Waals surface area contributed by atoms with Crippen LogP contribution in [0.25, 0.3) is 10.9 Å². The van der Waals surface area contributed by atoms with Gasteiger partial charge in [-0.1, -0.05) is 18.2 Å². The van der Waals surface area contributed by atoms with Crippen molar-refractivity contribution in [3.63, 3.8) is 0 Å². The lowest BCUT2D eigenvalue weighted by atomic mass is 10.1. The van der Waals surface area contributed by atoms with E-state index in [2.05, 4.69) is 41.4 Å². The van der Waals surface area contributed by atoms with Gasteiger partial charge >= 0.3 is 0 Å². The fourth-order valence-corrected chi connectivity index (χ4v) is 2.41. The third-order valence-corrected chi connectivity index (χ3v) is 3.30. The molecule has 0 radical (unpaired) electrons. The topological polar surface area (TPSA) is 28.2 Å². The maximum absolute atomic E-state index is 4.80. The van der Waals surface area contributed by atoms with Crippen LogP contribution < -0.4 is 10.2 Å². The van der Waals surface area contributed by atoms with Gasteiger partial charge in [0.15, 0.2) is 0 Å². The molecular weight excluding hydrogens is 210 g/mol. The second-order valence-corrected chi connectivity index (χ2v) is 4.56. The monoisotopic (exact) mass is 227 g/mol. The van der Waals surface area contributed by atoms with Crippen molar-refractivity contribution in [3.8, 4) is 0 Å². The van der Waals surface area contributed by atoms with E-state index >= 15 is 0 Å². The van der Waals surface area contributed by atoms with E-state index in [-0.39, 0.29) is 0 Å². The molecule has 1 aromatic carbocycles. The quantitative estimate of drug-likeness (QED) is 0.807. The number of hydrogen-bond acceptors (Lipinski definition) is 3. The van der Waals surface area contributed by atoms with Crippen LogP contribution in [-0.4, -0.2) is 31.2 Å². The average molecular weight is 227 g/mol. The first kappa shape index (κ1) is 10.5. The molecule has 0 bridgehead atoms. The minimum atomic E-state index is 1.05. The summed E-state index contributed by atoms with van der Waals surface area (Å²) in [6.45, 7) is 6.34. The summed E-state index contributed by atoms with van der Waals surface area (Å²) < 4.78 is 0. The van der Waals surface area contributed by atoms with E-state index < -0.39 is 0 Å². The van der Waals surface area contributed by atoms with E-state index in [9.17, 15) is 0 Å². The molecule has 88 valence electrons. The van der Waals surface area contributed by atoms with Crippen LogP contribution in [0.5, 0.6) is 0 Å². The Morgan fingerprint density at radius 1 is 1.18 bits per heavy atom. The zero-order valence-corrected chi connectivity index (χ0v) is 10.1. The Balaban J connectivity index is 2.06. The van der Waals surface area contributed by atoms with E-state index in [0.29, 0.717) is 0 Å². The van der Waals surface area contributed by atoms with Gasteiger partial charge in [0.1, 0.15) is 5.82 Å². The number of nitrogens with zero attached hydrogens (tertiary/aromatic N) is 2. The van der Waals surface area contributed by atoms with Crippen molar-refractivity contribution in [2.75, 3.05) is 31.1 Å². The number of anilines is 1. The molecule has 3 nitrogen and oxygen atoms in total. The van der Waals surface area contributed by atoms with Gasteiger partial charge in [-0.3, -0.25) is 0 Å². The van der Waals surface area contributed by atoms with Crippen LogP contribution in [0.1, 0.15) is 5.56 Å². The van der Waals surface area contributed by atoms with Crippen LogP contribution in [0.4, 0.5) is 5.82 Å². The standard InChI is InChI=1S/C14H17N3/c1-11-10-12-4-2-3-5-13(12)16-14(11)17-8-6-15-7-9-17/h2-5,10,15H,6-9H2,1H3. The molecule has 3 heteroatoms. The molecule has 1 aliphatic rings. The van der Waals surface area contributed by atoms with Crippen molar-refractivity contribution in [1.82, 2.24) is 10.3 Å². The number of rotatable bonds is 1. The highest BCUT2D eigenvalue weighted by Gasteiger charge is 2.14. The molecule has 0 amide bonds. The second-order valence-electron chi connectivity index (χ2n) is 4.56. The highest BCUT2D eigenvalue weighted by Crippen LogP contribution is 2.22. The summed E-state index contributed by atoms with van der Waals surface area (Å²) in [6, 6.07) is 10.6. The maximum atomic E-state index is 4.80. The van der Waals surface area contributed by atoms with Gasteiger partial charge in [0.2, 0.25) is 0 Å². The first-order valence-corrected chi connectivity index (χ1v) is 6.17. The molecule has 0 atom stereocenters. The van der Waals surface area contributed by atoms with E-state index in [1.54, 1.807) is 0 Å². The van der Waals surface area contributed by atoms with Gasteiger partial charge in [-0.15, -0.1) is 0 Å². The molecule has 0 unspecified atom stereocenters. The predicted molar refractivity (Wildman–Crippen MR) is 71.6 cm³/mol. The number of aryl methyl sites for hydroxylation is 1. The number of para-hydroxylation sites is 1. The van der Waals surface area contributed by atoms with Crippen LogP contribution in [0.15, 0.2) is 30.3 Å². The molecule has 3 rings (SSSR count). The molecule has 1 fully saturated rings.